The minimum atomic E-state index is -2.67. The number of hydrogen-bond donors (Lipinski definition) is 1. The van der Waals surface area contributed by atoms with E-state index in [1.54, 1.807) is 10.6 Å². The molecule has 3 rings (SSSR count). The molecule has 7 heteroatoms. The molecule has 1 aliphatic heterocycles. The molecule has 0 spiro atoms. The van der Waals surface area contributed by atoms with E-state index in [0.29, 0.717) is 12.3 Å². The molecule has 2 aromatic rings. The Hall–Kier alpha value is -1.63. The summed E-state index contributed by atoms with van der Waals surface area (Å²) in [5.74, 6) is -2.49. The second-order valence-electron chi connectivity index (χ2n) is 4.68. The smallest absolute Gasteiger partial charge is 0.261 e. The van der Waals surface area contributed by atoms with Gasteiger partial charge >= 0.3 is 0 Å². The summed E-state index contributed by atoms with van der Waals surface area (Å²) in [7, 11) is 0. The molecule has 1 unspecified atom stereocenters. The van der Waals surface area contributed by atoms with Crippen molar-refractivity contribution in [2.24, 2.45) is 0 Å². The highest BCUT2D eigenvalue weighted by molar-refractivity contribution is 5.31. The van der Waals surface area contributed by atoms with Gasteiger partial charge in [0.25, 0.3) is 11.7 Å². The normalized spacial score (nSPS) is 23.4. The number of hydrogen-bond acceptors (Lipinski definition) is 4. The van der Waals surface area contributed by atoms with E-state index in [-0.39, 0.29) is 18.9 Å². The summed E-state index contributed by atoms with van der Waals surface area (Å²) in [5.41, 5.74) is 1.50. The zero-order valence-corrected chi connectivity index (χ0v) is 9.90. The van der Waals surface area contributed by atoms with Gasteiger partial charge in [-0.05, 0) is 13.0 Å². The number of piperidine rings is 1. The number of aromatic nitrogens is 4. The Morgan fingerprint density at radius 1 is 1.50 bits per heavy atom. The Morgan fingerprint density at radius 3 is 3.11 bits per heavy atom. The number of fused-ring (bicyclic) bond motifs is 1. The number of aryl methyl sites for hydroxylation is 1. The second-order valence-corrected chi connectivity index (χ2v) is 4.68. The van der Waals surface area contributed by atoms with E-state index in [0.717, 1.165) is 11.4 Å². The number of rotatable bonds is 1. The zero-order chi connectivity index (χ0) is 12.8. The standard InChI is InChI=1S/C11H13F2N5/c1-7-2-9(18-10(17-7)15-6-16-18)8-3-11(12,13)5-14-4-8/h2,6,8,14H,3-5H2,1H3. The summed E-state index contributed by atoms with van der Waals surface area (Å²) in [4.78, 5) is 8.21. The molecule has 18 heavy (non-hydrogen) atoms. The molecule has 0 aliphatic carbocycles. The first-order chi connectivity index (χ1) is 8.55. The molecular formula is C11H13F2N5. The van der Waals surface area contributed by atoms with Gasteiger partial charge in [-0.1, -0.05) is 0 Å². The summed E-state index contributed by atoms with van der Waals surface area (Å²) in [5, 5.41) is 6.82. The molecule has 1 saturated heterocycles. The third-order valence-corrected chi connectivity index (χ3v) is 3.15. The van der Waals surface area contributed by atoms with Crippen LogP contribution < -0.4 is 5.32 Å². The van der Waals surface area contributed by atoms with E-state index < -0.39 is 5.92 Å². The van der Waals surface area contributed by atoms with Gasteiger partial charge in [-0.15, -0.1) is 0 Å². The molecule has 0 bridgehead atoms. The van der Waals surface area contributed by atoms with Crippen molar-refractivity contribution in [1.82, 2.24) is 24.9 Å². The number of alkyl halides is 2. The topological polar surface area (TPSA) is 55.1 Å². The van der Waals surface area contributed by atoms with Crippen LogP contribution in [0.15, 0.2) is 12.4 Å². The molecule has 5 nitrogen and oxygen atoms in total. The van der Waals surface area contributed by atoms with Gasteiger partial charge in [-0.25, -0.2) is 18.3 Å². The predicted octanol–water partition coefficient (Wildman–Crippen LogP) is 1.14. The SMILES string of the molecule is Cc1cc(C2CNCC(F)(F)C2)n2ncnc2n1. The molecule has 1 fully saturated rings. The number of nitrogens with one attached hydrogen (secondary N) is 1. The Morgan fingerprint density at radius 2 is 2.33 bits per heavy atom. The van der Waals surface area contributed by atoms with Crippen LogP contribution in [0.1, 0.15) is 23.7 Å². The van der Waals surface area contributed by atoms with Crippen molar-refractivity contribution in [2.45, 2.75) is 25.2 Å². The molecule has 0 amide bonds. The highest BCUT2D eigenvalue weighted by Gasteiger charge is 2.37. The van der Waals surface area contributed by atoms with Crippen LogP contribution in [0, 0.1) is 6.92 Å². The monoisotopic (exact) mass is 253 g/mol. The Kier molecular flexibility index (Phi) is 2.51. The molecule has 2 aromatic heterocycles. The summed E-state index contributed by atoms with van der Waals surface area (Å²) in [6.07, 6.45) is 1.22. The van der Waals surface area contributed by atoms with Crippen LogP contribution in [-0.4, -0.2) is 38.6 Å². The molecule has 0 aromatic carbocycles. The summed E-state index contributed by atoms with van der Waals surface area (Å²) in [6.45, 7) is 2.09. The number of halogens is 2. The third-order valence-electron chi connectivity index (χ3n) is 3.15. The largest absolute Gasteiger partial charge is 0.311 e. The third kappa shape index (κ3) is 1.94. The Balaban J connectivity index is 2.05. The van der Waals surface area contributed by atoms with E-state index in [1.807, 2.05) is 6.92 Å². The molecule has 1 N–H and O–H groups in total. The van der Waals surface area contributed by atoms with Gasteiger partial charge in [0, 0.05) is 24.6 Å². The van der Waals surface area contributed by atoms with Crippen LogP contribution in [0.5, 0.6) is 0 Å². The summed E-state index contributed by atoms with van der Waals surface area (Å²) < 4.78 is 28.4. The van der Waals surface area contributed by atoms with Crippen LogP contribution in [-0.2, 0) is 0 Å². The number of nitrogens with zero attached hydrogens (tertiary/aromatic N) is 4. The van der Waals surface area contributed by atoms with Crippen molar-refractivity contribution in [3.8, 4) is 0 Å². The lowest BCUT2D eigenvalue weighted by molar-refractivity contribution is -0.0284. The molecule has 1 aliphatic rings. The van der Waals surface area contributed by atoms with Crippen LogP contribution in [0.2, 0.25) is 0 Å². The first-order valence-corrected chi connectivity index (χ1v) is 5.81. The van der Waals surface area contributed by atoms with E-state index in [9.17, 15) is 8.78 Å². The Labute approximate surface area is 102 Å². The predicted molar refractivity (Wildman–Crippen MR) is 60.7 cm³/mol. The van der Waals surface area contributed by atoms with E-state index >= 15 is 0 Å². The van der Waals surface area contributed by atoms with Crippen molar-refractivity contribution in [2.75, 3.05) is 13.1 Å². The molecule has 0 saturated carbocycles. The molecule has 1 atom stereocenters. The van der Waals surface area contributed by atoms with Crippen LogP contribution in [0.25, 0.3) is 5.78 Å². The first-order valence-electron chi connectivity index (χ1n) is 5.81. The molecule has 96 valence electrons. The maximum Gasteiger partial charge on any atom is 0.261 e. The van der Waals surface area contributed by atoms with Gasteiger partial charge in [-0.2, -0.15) is 10.1 Å². The van der Waals surface area contributed by atoms with Gasteiger partial charge in [0.2, 0.25) is 0 Å². The quantitative estimate of drug-likeness (QED) is 0.828. The summed E-state index contributed by atoms with van der Waals surface area (Å²) >= 11 is 0. The molecule has 3 heterocycles. The van der Waals surface area contributed by atoms with Gasteiger partial charge < -0.3 is 5.32 Å². The minimum Gasteiger partial charge on any atom is -0.311 e. The van der Waals surface area contributed by atoms with Gasteiger partial charge in [-0.3, -0.25) is 0 Å². The maximum atomic E-state index is 13.4. The average molecular weight is 253 g/mol. The van der Waals surface area contributed by atoms with E-state index in [1.165, 1.54) is 6.33 Å². The van der Waals surface area contributed by atoms with Crippen molar-refractivity contribution >= 4 is 5.78 Å². The fourth-order valence-electron chi connectivity index (χ4n) is 2.39. The maximum absolute atomic E-state index is 13.4. The lowest BCUT2D eigenvalue weighted by atomic mass is 9.93. The van der Waals surface area contributed by atoms with Gasteiger partial charge in [0.05, 0.1) is 12.2 Å². The van der Waals surface area contributed by atoms with Crippen molar-refractivity contribution in [3.63, 3.8) is 0 Å². The van der Waals surface area contributed by atoms with Crippen LogP contribution in [0.4, 0.5) is 8.78 Å². The fourth-order valence-corrected chi connectivity index (χ4v) is 2.39. The average Bonchev–Trinajstić information content (AvgIpc) is 2.74. The van der Waals surface area contributed by atoms with Gasteiger partial charge in [0.1, 0.15) is 6.33 Å². The highest BCUT2D eigenvalue weighted by atomic mass is 19.3. The van der Waals surface area contributed by atoms with Crippen molar-refractivity contribution < 1.29 is 8.78 Å². The zero-order valence-electron chi connectivity index (χ0n) is 9.90. The Bertz CT molecular complexity index is 580. The van der Waals surface area contributed by atoms with Gasteiger partial charge in [0.15, 0.2) is 0 Å². The lowest BCUT2D eigenvalue weighted by Crippen LogP contribution is -2.43. The van der Waals surface area contributed by atoms with Crippen LogP contribution >= 0.6 is 0 Å². The molecule has 0 radical (unpaired) electrons. The highest BCUT2D eigenvalue weighted by Crippen LogP contribution is 2.32. The van der Waals surface area contributed by atoms with Crippen LogP contribution in [0.3, 0.4) is 0 Å². The first kappa shape index (κ1) is 11.5. The van der Waals surface area contributed by atoms with Crippen molar-refractivity contribution in [3.05, 3.63) is 23.8 Å². The summed E-state index contributed by atoms with van der Waals surface area (Å²) in [6, 6.07) is 1.80. The van der Waals surface area contributed by atoms with E-state index in [4.69, 9.17) is 0 Å². The lowest BCUT2D eigenvalue weighted by Gasteiger charge is -2.30. The van der Waals surface area contributed by atoms with E-state index in [2.05, 4.69) is 20.4 Å². The fraction of sp³-hybridized carbons (Fsp3) is 0.545. The minimum absolute atomic E-state index is 0.168. The second kappa shape index (κ2) is 3.94. The van der Waals surface area contributed by atoms with Crippen molar-refractivity contribution in [1.29, 1.82) is 0 Å². The molecular weight excluding hydrogens is 240 g/mol.